The molecule has 0 bridgehead atoms. The van der Waals surface area contributed by atoms with Gasteiger partial charge >= 0.3 is 0 Å². The number of benzene rings is 2. The first-order valence-electron chi connectivity index (χ1n) is 9.49. The van der Waals surface area contributed by atoms with Crippen molar-refractivity contribution < 1.29 is 4.79 Å². The minimum absolute atomic E-state index is 0.0878. The number of pyridine rings is 1. The van der Waals surface area contributed by atoms with Gasteiger partial charge in [0.1, 0.15) is 9.88 Å². The molecule has 0 fully saturated rings. The van der Waals surface area contributed by atoms with E-state index in [1.165, 1.54) is 22.5 Å². The van der Waals surface area contributed by atoms with Crippen LogP contribution in [0.5, 0.6) is 0 Å². The van der Waals surface area contributed by atoms with E-state index in [-0.39, 0.29) is 11.8 Å². The molecule has 0 unspecified atom stereocenters. The molecule has 2 heterocycles. The molecule has 2 aromatic heterocycles. The van der Waals surface area contributed by atoms with Crippen LogP contribution in [0.15, 0.2) is 85.1 Å². The number of hydrogen-bond acceptors (Lipinski definition) is 4. The molecule has 2 aromatic carbocycles. The molecule has 0 radical (unpaired) electrons. The van der Waals surface area contributed by atoms with Crippen molar-refractivity contribution in [2.24, 2.45) is 0 Å². The van der Waals surface area contributed by atoms with E-state index in [2.05, 4.69) is 39.6 Å². The third-order valence-corrected chi connectivity index (χ3v) is 5.94. The zero-order valence-electron chi connectivity index (χ0n) is 16.1. The average molecular weight is 400 g/mol. The first kappa shape index (κ1) is 19.0. The second-order valence-electron chi connectivity index (χ2n) is 6.73. The lowest BCUT2D eigenvalue weighted by Gasteiger charge is -2.18. The molecule has 0 saturated heterocycles. The fourth-order valence-corrected chi connectivity index (χ4v) is 4.24. The van der Waals surface area contributed by atoms with Crippen LogP contribution in [-0.4, -0.2) is 22.4 Å². The Labute approximate surface area is 174 Å². The van der Waals surface area contributed by atoms with Crippen LogP contribution in [0.4, 0.5) is 0 Å². The van der Waals surface area contributed by atoms with Gasteiger partial charge in [-0.1, -0.05) is 66.7 Å². The van der Waals surface area contributed by atoms with Crippen molar-refractivity contribution in [3.8, 4) is 10.7 Å². The Morgan fingerprint density at radius 2 is 1.55 bits per heavy atom. The van der Waals surface area contributed by atoms with Gasteiger partial charge in [0.15, 0.2) is 0 Å². The second kappa shape index (κ2) is 8.80. The van der Waals surface area contributed by atoms with Gasteiger partial charge in [0, 0.05) is 18.7 Å². The van der Waals surface area contributed by atoms with Crippen molar-refractivity contribution in [2.75, 3.05) is 6.54 Å². The lowest BCUT2D eigenvalue weighted by molar-refractivity contribution is 0.0955. The van der Waals surface area contributed by atoms with Crippen LogP contribution in [0.1, 0.15) is 32.4 Å². The van der Waals surface area contributed by atoms with Gasteiger partial charge in [-0.2, -0.15) is 0 Å². The van der Waals surface area contributed by atoms with Gasteiger partial charge in [-0.05, 0) is 30.2 Å². The normalized spacial score (nSPS) is 10.8. The molecule has 0 spiro atoms. The average Bonchev–Trinajstić information content (AvgIpc) is 3.18. The summed E-state index contributed by atoms with van der Waals surface area (Å²) < 4.78 is 0. The minimum atomic E-state index is -0.0981. The van der Waals surface area contributed by atoms with Crippen LogP contribution < -0.4 is 5.32 Å². The Morgan fingerprint density at radius 1 is 0.931 bits per heavy atom. The van der Waals surface area contributed by atoms with E-state index in [9.17, 15) is 4.79 Å². The summed E-state index contributed by atoms with van der Waals surface area (Å²) in [6.07, 6.45) is 1.73. The van der Waals surface area contributed by atoms with E-state index in [1.54, 1.807) is 6.20 Å². The summed E-state index contributed by atoms with van der Waals surface area (Å²) in [6.45, 7) is 2.38. The molecule has 144 valence electrons. The minimum Gasteiger partial charge on any atom is -0.350 e. The molecule has 4 aromatic rings. The molecule has 29 heavy (non-hydrogen) atoms. The Bertz CT molecular complexity index is 1040. The summed E-state index contributed by atoms with van der Waals surface area (Å²) >= 11 is 1.38. The van der Waals surface area contributed by atoms with Crippen molar-refractivity contribution in [1.82, 2.24) is 15.3 Å². The predicted molar refractivity (Wildman–Crippen MR) is 117 cm³/mol. The number of carbonyl (C=O) groups is 1. The van der Waals surface area contributed by atoms with E-state index < -0.39 is 0 Å². The molecule has 4 nitrogen and oxygen atoms in total. The van der Waals surface area contributed by atoms with E-state index in [0.717, 1.165) is 16.4 Å². The Balaban J connectivity index is 1.54. The maximum atomic E-state index is 12.9. The summed E-state index contributed by atoms with van der Waals surface area (Å²) in [5, 5.41) is 3.87. The number of thiazole rings is 1. The Kier molecular flexibility index (Phi) is 5.77. The first-order chi connectivity index (χ1) is 14.2. The van der Waals surface area contributed by atoms with Crippen LogP contribution in [0.25, 0.3) is 10.7 Å². The van der Waals surface area contributed by atoms with Crippen LogP contribution >= 0.6 is 11.3 Å². The number of aryl methyl sites for hydroxylation is 1. The SMILES string of the molecule is Cc1nc(-c2ccccn2)sc1C(=O)NCC(c1ccccc1)c1ccccc1. The summed E-state index contributed by atoms with van der Waals surface area (Å²) in [5.74, 6) is -0.0103. The largest absolute Gasteiger partial charge is 0.350 e. The van der Waals surface area contributed by atoms with Crippen molar-refractivity contribution in [3.05, 3.63) is 107 Å². The monoisotopic (exact) mass is 399 g/mol. The topological polar surface area (TPSA) is 54.9 Å². The fraction of sp³-hybridized carbons (Fsp3) is 0.125. The quantitative estimate of drug-likeness (QED) is 0.492. The van der Waals surface area contributed by atoms with Gasteiger partial charge in [-0.25, -0.2) is 4.98 Å². The van der Waals surface area contributed by atoms with Crippen LogP contribution in [0.3, 0.4) is 0 Å². The highest BCUT2D eigenvalue weighted by molar-refractivity contribution is 7.17. The second-order valence-corrected chi connectivity index (χ2v) is 7.73. The molecule has 0 saturated carbocycles. The van der Waals surface area contributed by atoms with Gasteiger partial charge in [0.05, 0.1) is 11.4 Å². The highest BCUT2D eigenvalue weighted by Crippen LogP contribution is 2.27. The van der Waals surface area contributed by atoms with Crippen molar-refractivity contribution in [3.63, 3.8) is 0 Å². The van der Waals surface area contributed by atoms with Gasteiger partial charge in [-0.3, -0.25) is 9.78 Å². The number of aromatic nitrogens is 2. The van der Waals surface area contributed by atoms with E-state index in [1.807, 2.05) is 61.5 Å². The molecule has 0 aliphatic rings. The molecule has 0 atom stereocenters. The fourth-order valence-electron chi connectivity index (χ4n) is 3.28. The lowest BCUT2D eigenvalue weighted by Crippen LogP contribution is -2.28. The van der Waals surface area contributed by atoms with E-state index in [4.69, 9.17) is 0 Å². The van der Waals surface area contributed by atoms with Crippen molar-refractivity contribution >= 4 is 17.2 Å². The maximum Gasteiger partial charge on any atom is 0.263 e. The summed E-state index contributed by atoms with van der Waals surface area (Å²) in [5.41, 5.74) is 3.86. The summed E-state index contributed by atoms with van der Waals surface area (Å²) in [7, 11) is 0. The van der Waals surface area contributed by atoms with E-state index in [0.29, 0.717) is 11.4 Å². The first-order valence-corrected chi connectivity index (χ1v) is 10.3. The number of hydrogen-bond donors (Lipinski definition) is 1. The lowest BCUT2D eigenvalue weighted by atomic mass is 9.91. The zero-order chi connectivity index (χ0) is 20.1. The molecular weight excluding hydrogens is 378 g/mol. The van der Waals surface area contributed by atoms with Crippen molar-refractivity contribution in [2.45, 2.75) is 12.8 Å². The highest BCUT2D eigenvalue weighted by Gasteiger charge is 2.19. The third-order valence-electron chi connectivity index (χ3n) is 4.76. The van der Waals surface area contributed by atoms with Crippen molar-refractivity contribution in [1.29, 1.82) is 0 Å². The number of carbonyl (C=O) groups excluding carboxylic acids is 1. The smallest absolute Gasteiger partial charge is 0.263 e. The number of amides is 1. The van der Waals surface area contributed by atoms with Gasteiger partial charge in [-0.15, -0.1) is 11.3 Å². The zero-order valence-corrected chi connectivity index (χ0v) is 16.9. The maximum absolute atomic E-state index is 12.9. The van der Waals surface area contributed by atoms with Gasteiger partial charge in [0.2, 0.25) is 0 Å². The Morgan fingerprint density at radius 3 is 2.14 bits per heavy atom. The van der Waals surface area contributed by atoms with Crippen LogP contribution in [0.2, 0.25) is 0 Å². The predicted octanol–water partition coefficient (Wildman–Crippen LogP) is 5.08. The standard InChI is InChI=1S/C24H21N3OS/c1-17-22(29-24(27-17)21-14-8-9-15-25-21)23(28)26-16-20(18-10-4-2-5-11-18)19-12-6-3-7-13-19/h2-15,20H,16H2,1H3,(H,26,28). The Hall–Kier alpha value is -3.31. The van der Waals surface area contributed by atoms with E-state index >= 15 is 0 Å². The molecule has 0 aliphatic carbocycles. The molecule has 1 amide bonds. The summed E-state index contributed by atoms with van der Waals surface area (Å²) in [6, 6.07) is 26.2. The summed E-state index contributed by atoms with van der Waals surface area (Å²) in [4.78, 5) is 22.4. The van der Waals surface area contributed by atoms with Gasteiger partial charge < -0.3 is 5.32 Å². The van der Waals surface area contributed by atoms with Gasteiger partial charge in [0.25, 0.3) is 5.91 Å². The van der Waals surface area contributed by atoms with Crippen LogP contribution in [-0.2, 0) is 0 Å². The molecular formula is C24H21N3OS. The third kappa shape index (κ3) is 4.41. The highest BCUT2D eigenvalue weighted by atomic mass is 32.1. The number of nitrogens with zero attached hydrogens (tertiary/aromatic N) is 2. The molecule has 1 N–H and O–H groups in total. The number of nitrogens with one attached hydrogen (secondary N) is 1. The molecule has 5 heteroatoms. The number of rotatable bonds is 6. The molecule has 4 rings (SSSR count). The molecule has 0 aliphatic heterocycles. The van der Waals surface area contributed by atoms with Crippen LogP contribution in [0, 0.1) is 6.92 Å².